The van der Waals surface area contributed by atoms with Crippen LogP contribution in [0.3, 0.4) is 0 Å². The van der Waals surface area contributed by atoms with E-state index in [1.54, 1.807) is 0 Å². The van der Waals surface area contributed by atoms with Gasteiger partial charge in [0, 0.05) is 96.8 Å². The minimum absolute atomic E-state index is 1.18. The van der Waals surface area contributed by atoms with Crippen molar-refractivity contribution in [2.45, 2.75) is 0 Å². The summed E-state index contributed by atoms with van der Waals surface area (Å²) < 4.78 is 15.1. The topological polar surface area (TPSA) is 19.7 Å². The second-order valence-corrected chi connectivity index (χ2v) is 32.6. The Balaban J connectivity index is 0.000000100. The molecule has 540 valence electrons. The molecule has 0 bridgehead atoms. The Hall–Kier alpha value is -14.7. The lowest BCUT2D eigenvalue weighted by Gasteiger charge is -2.12. The molecule has 0 fully saturated rings. The zero-order valence-electron chi connectivity index (χ0n) is 62.9. The van der Waals surface area contributed by atoms with Crippen LogP contribution in [0.2, 0.25) is 0 Å². The Morgan fingerprint density at radius 3 is 1.32 bits per heavy atom. The zero-order valence-corrected chi connectivity index (χ0v) is 64.5. The van der Waals surface area contributed by atoms with E-state index < -0.39 is 0 Å². The molecule has 6 heterocycles. The molecule has 26 rings (SSSR count). The molecule has 0 saturated heterocycles. The molecule has 0 aliphatic heterocycles. The lowest BCUT2D eigenvalue weighted by molar-refractivity contribution is 1.18. The minimum atomic E-state index is 1.18. The van der Waals surface area contributed by atoms with Crippen LogP contribution in [0.1, 0.15) is 0 Å². The Morgan fingerprint density at radius 2 is 0.569 bits per heavy atom. The van der Waals surface area contributed by atoms with Gasteiger partial charge in [-0.2, -0.15) is 0 Å². The Bertz CT molecular complexity index is 8520. The first-order valence-corrected chi connectivity index (χ1v) is 41.4. The van der Waals surface area contributed by atoms with Crippen LogP contribution < -0.4 is 0 Å². The van der Waals surface area contributed by atoms with Gasteiger partial charge in [-0.15, -0.1) is 22.7 Å². The summed E-state index contributed by atoms with van der Waals surface area (Å²) in [5.74, 6) is 0. The van der Waals surface area contributed by atoms with Crippen molar-refractivity contribution in [3.63, 3.8) is 0 Å². The van der Waals surface area contributed by atoms with Crippen molar-refractivity contribution in [2.75, 3.05) is 0 Å². The summed E-state index contributed by atoms with van der Waals surface area (Å²) in [7, 11) is 0. The number of nitrogens with zero attached hydrogens (tertiary/aromatic N) is 4. The third-order valence-electron chi connectivity index (χ3n) is 24.2. The Kier molecular flexibility index (Phi) is 15.1. The highest BCUT2D eigenvalue weighted by molar-refractivity contribution is 7.27. The summed E-state index contributed by atoms with van der Waals surface area (Å²) in [5, 5.41) is 28.7. The number of benzene rings is 20. The number of hydrogen-bond acceptors (Lipinski definition) is 2. The van der Waals surface area contributed by atoms with Crippen molar-refractivity contribution < 1.29 is 0 Å². The number of thiophene rings is 2. The molecule has 4 nitrogen and oxygen atoms in total. The van der Waals surface area contributed by atoms with E-state index in [-0.39, 0.29) is 0 Å². The van der Waals surface area contributed by atoms with Crippen LogP contribution in [0.15, 0.2) is 413 Å². The van der Waals surface area contributed by atoms with E-state index in [0.717, 1.165) is 0 Å². The third kappa shape index (κ3) is 10.3. The fourth-order valence-electron chi connectivity index (χ4n) is 19.0. The lowest BCUT2D eigenvalue weighted by atomic mass is 9.99. The molecule has 0 amide bonds. The van der Waals surface area contributed by atoms with Gasteiger partial charge >= 0.3 is 0 Å². The SMILES string of the molecule is c1ccc(-c2ccc(-n3c4ccccc4c4ccc5c(sc6ccc7ccccc7c65)c43)cc2)cc1.c1ccc(-n2c3ccccc3c3ccc(-c4ccc5c(c4)c4ccccc4n5-c4ccc5ccccc5c4)cc32)cc1.c1ccc2c(c1)ccc1cc(-n3c4ccccc4c4c5ccccc5c5c6ccccc6sc5c43)ccc12. The number of para-hydroxylation sites is 5. The van der Waals surface area contributed by atoms with Crippen LogP contribution in [0.4, 0.5) is 0 Å². The molecule has 0 aliphatic rings. The summed E-state index contributed by atoms with van der Waals surface area (Å²) >= 11 is 3.82. The number of aromatic nitrogens is 4. The largest absolute Gasteiger partial charge is 0.309 e. The molecule has 0 N–H and O–H groups in total. The lowest BCUT2D eigenvalue weighted by Crippen LogP contribution is -1.94. The quantitative estimate of drug-likeness (QED) is 0.148. The van der Waals surface area contributed by atoms with Crippen LogP contribution in [-0.4, -0.2) is 18.3 Å². The van der Waals surface area contributed by atoms with Gasteiger partial charge in [-0.25, -0.2) is 0 Å². The maximum absolute atomic E-state index is 2.50. The number of rotatable bonds is 6. The zero-order chi connectivity index (χ0) is 76.1. The van der Waals surface area contributed by atoms with Crippen molar-refractivity contribution in [3.05, 3.63) is 413 Å². The van der Waals surface area contributed by atoms with Crippen LogP contribution >= 0.6 is 22.7 Å². The number of hydrogen-bond donors (Lipinski definition) is 0. The van der Waals surface area contributed by atoms with E-state index >= 15 is 0 Å². The van der Waals surface area contributed by atoms with Crippen LogP contribution in [0.5, 0.6) is 0 Å². The highest BCUT2D eigenvalue weighted by atomic mass is 32.1. The van der Waals surface area contributed by atoms with Crippen molar-refractivity contribution in [2.24, 2.45) is 0 Å². The van der Waals surface area contributed by atoms with Crippen molar-refractivity contribution in [3.8, 4) is 45.0 Å². The summed E-state index contributed by atoms with van der Waals surface area (Å²) in [5.41, 5.74) is 19.6. The molecule has 0 atom stereocenters. The van der Waals surface area contributed by atoms with Gasteiger partial charge in [0.2, 0.25) is 0 Å². The molecule has 116 heavy (non-hydrogen) atoms. The second kappa shape index (κ2) is 26.5. The van der Waals surface area contributed by atoms with Crippen molar-refractivity contribution >= 4 is 204 Å². The Labute approximate surface area is 674 Å². The van der Waals surface area contributed by atoms with E-state index in [2.05, 4.69) is 431 Å². The van der Waals surface area contributed by atoms with E-state index in [0.29, 0.717) is 0 Å². The molecule has 20 aromatic carbocycles. The first-order chi connectivity index (χ1) is 57.6. The molecular formula is C110H68N4S2. The van der Waals surface area contributed by atoms with Gasteiger partial charge in [0.05, 0.1) is 53.5 Å². The molecule has 0 spiro atoms. The predicted molar refractivity (Wildman–Crippen MR) is 501 cm³/mol. The molecule has 0 aliphatic carbocycles. The first-order valence-electron chi connectivity index (χ1n) is 39.8. The smallest absolute Gasteiger partial charge is 0.0726 e. The van der Waals surface area contributed by atoms with Gasteiger partial charge in [0.1, 0.15) is 0 Å². The molecule has 6 aromatic heterocycles. The first kappa shape index (κ1) is 66.0. The van der Waals surface area contributed by atoms with Gasteiger partial charge in [0.15, 0.2) is 0 Å². The summed E-state index contributed by atoms with van der Waals surface area (Å²) in [6.45, 7) is 0. The van der Waals surface area contributed by atoms with Crippen LogP contribution in [-0.2, 0) is 0 Å². The van der Waals surface area contributed by atoms with E-state index in [4.69, 9.17) is 0 Å². The number of fused-ring (bicyclic) bond motifs is 29. The maximum Gasteiger partial charge on any atom is 0.0726 e. The molecule has 26 aromatic rings. The summed E-state index contributed by atoms with van der Waals surface area (Å²) in [6.07, 6.45) is 0. The molecule has 0 radical (unpaired) electrons. The molecule has 0 unspecified atom stereocenters. The third-order valence-corrected chi connectivity index (χ3v) is 26.6. The van der Waals surface area contributed by atoms with Crippen LogP contribution in [0.25, 0.3) is 226 Å². The average Bonchev–Trinajstić information content (AvgIpc) is 1.54. The fourth-order valence-corrected chi connectivity index (χ4v) is 21.6. The van der Waals surface area contributed by atoms with Gasteiger partial charge in [-0.1, -0.05) is 309 Å². The van der Waals surface area contributed by atoms with Crippen molar-refractivity contribution in [1.29, 1.82) is 0 Å². The van der Waals surface area contributed by atoms with Gasteiger partial charge in [0.25, 0.3) is 0 Å². The molecule has 6 heteroatoms. The van der Waals surface area contributed by atoms with E-state index in [1.165, 1.54) is 226 Å². The minimum Gasteiger partial charge on any atom is -0.309 e. The maximum atomic E-state index is 2.50. The van der Waals surface area contributed by atoms with Gasteiger partial charge in [-0.05, 0) is 179 Å². The van der Waals surface area contributed by atoms with Crippen molar-refractivity contribution in [1.82, 2.24) is 18.3 Å². The Morgan fingerprint density at radius 1 is 0.155 bits per heavy atom. The monoisotopic (exact) mass is 1510 g/mol. The summed E-state index contributed by atoms with van der Waals surface area (Å²) in [4.78, 5) is 0. The highest BCUT2D eigenvalue weighted by Crippen LogP contribution is 2.50. The normalized spacial score (nSPS) is 12.0. The molecular weight excluding hydrogens is 1440 g/mol. The highest BCUT2D eigenvalue weighted by Gasteiger charge is 2.25. The van der Waals surface area contributed by atoms with Gasteiger partial charge < -0.3 is 18.3 Å². The second-order valence-electron chi connectivity index (χ2n) is 30.5. The average molecular weight is 1510 g/mol. The van der Waals surface area contributed by atoms with Gasteiger partial charge in [-0.3, -0.25) is 0 Å². The fraction of sp³-hybridized carbons (Fsp3) is 0. The van der Waals surface area contributed by atoms with E-state index in [1.807, 2.05) is 22.7 Å². The van der Waals surface area contributed by atoms with Crippen LogP contribution in [0, 0.1) is 0 Å². The van der Waals surface area contributed by atoms with E-state index in [9.17, 15) is 0 Å². The predicted octanol–water partition coefficient (Wildman–Crippen LogP) is 31.3. The molecule has 0 saturated carbocycles. The standard InChI is InChI=1S/C40H26N2.C36H21NS.C34H21NS/c1-2-12-31(13-3-1)41-37-16-8-6-14-33(37)35-22-19-30(26-40(35)41)29-20-23-39-36(25-29)34-15-7-9-17-38(34)42(39)32-21-18-27-10-4-5-11-28(27)24-32;1-2-10-25-22(9-1)17-18-23-21-24(19-20-26(23)25)37-31-15-7-5-13-29(31)33-27-11-3-4-12-28(27)34-30-14-6-8-16-32(30)38-36(34)35(33)37;1-2-8-22(9-3-1)23-14-17-25(18-15-23)35-30-13-7-6-12-27(30)28-19-20-29-32-26-11-5-4-10-24(26)16-21-31(32)36-34(29)33(28)35/h1-26H;1-21H;1-21H. The summed E-state index contributed by atoms with van der Waals surface area (Å²) in [6, 6.07) is 150.